The van der Waals surface area contributed by atoms with Gasteiger partial charge in [-0.25, -0.2) is 4.98 Å². The van der Waals surface area contributed by atoms with Crippen molar-refractivity contribution in [3.05, 3.63) is 40.7 Å². The van der Waals surface area contributed by atoms with Crippen molar-refractivity contribution >= 4 is 21.8 Å². The number of nitrogens with two attached hydrogens (primary N) is 1. The van der Waals surface area contributed by atoms with E-state index in [1.807, 2.05) is 24.3 Å². The van der Waals surface area contributed by atoms with E-state index in [1.165, 1.54) is 0 Å². The molecule has 0 saturated carbocycles. The van der Waals surface area contributed by atoms with Crippen LogP contribution in [0.3, 0.4) is 0 Å². The molecule has 7 nitrogen and oxygen atoms in total. The smallest absolute Gasteiger partial charge is 0.226 e. The molecule has 128 valence electrons. The molecule has 1 aliphatic rings. The first-order valence-electron chi connectivity index (χ1n) is 7.65. The van der Waals surface area contributed by atoms with Crippen molar-refractivity contribution in [1.82, 2.24) is 9.88 Å². The molecule has 1 aromatic heterocycles. The first-order chi connectivity index (χ1) is 11.7. The Morgan fingerprint density at radius 1 is 1.29 bits per heavy atom. The third-order valence-corrected chi connectivity index (χ3v) is 4.06. The van der Waals surface area contributed by atoms with E-state index in [-0.39, 0.29) is 6.61 Å². The van der Waals surface area contributed by atoms with Gasteiger partial charge >= 0.3 is 0 Å². The summed E-state index contributed by atoms with van der Waals surface area (Å²) in [5.74, 6) is 0.986. The van der Waals surface area contributed by atoms with Crippen molar-refractivity contribution in [2.75, 3.05) is 32.8 Å². The Labute approximate surface area is 148 Å². The largest absolute Gasteiger partial charge is 0.444 e. The number of rotatable bonds is 6. The van der Waals surface area contributed by atoms with Crippen LogP contribution in [0.25, 0.3) is 11.5 Å². The summed E-state index contributed by atoms with van der Waals surface area (Å²) in [5, 5.41) is 3.93. The van der Waals surface area contributed by atoms with Crippen molar-refractivity contribution in [2.45, 2.75) is 6.61 Å². The van der Waals surface area contributed by atoms with Gasteiger partial charge in [-0.1, -0.05) is 21.1 Å². The third kappa shape index (κ3) is 4.80. The Balaban J connectivity index is 1.49. The second-order valence-electron chi connectivity index (χ2n) is 5.40. The number of hydrogen-bond acceptors (Lipinski definition) is 6. The van der Waals surface area contributed by atoms with E-state index in [2.05, 4.69) is 31.0 Å². The van der Waals surface area contributed by atoms with Crippen LogP contribution in [-0.4, -0.2) is 48.6 Å². The zero-order valence-corrected chi connectivity index (χ0v) is 14.7. The van der Waals surface area contributed by atoms with Crippen LogP contribution in [0.1, 0.15) is 5.69 Å². The predicted octanol–water partition coefficient (Wildman–Crippen LogP) is 2.23. The number of oxime groups is 1. The van der Waals surface area contributed by atoms with Crippen LogP contribution >= 0.6 is 15.9 Å². The van der Waals surface area contributed by atoms with Gasteiger partial charge in [0.25, 0.3) is 0 Å². The zero-order valence-electron chi connectivity index (χ0n) is 13.2. The van der Waals surface area contributed by atoms with Gasteiger partial charge in [0.1, 0.15) is 12.0 Å². The maximum absolute atomic E-state index is 5.87. The van der Waals surface area contributed by atoms with E-state index < -0.39 is 0 Å². The Kier molecular flexibility index (Phi) is 5.84. The van der Waals surface area contributed by atoms with Crippen LogP contribution in [0.4, 0.5) is 0 Å². The third-order valence-electron chi connectivity index (χ3n) is 3.53. The van der Waals surface area contributed by atoms with Crippen molar-refractivity contribution in [1.29, 1.82) is 0 Å². The average Bonchev–Trinajstić information content (AvgIpc) is 3.05. The highest BCUT2D eigenvalue weighted by Crippen LogP contribution is 2.21. The van der Waals surface area contributed by atoms with Gasteiger partial charge in [-0.3, -0.25) is 4.90 Å². The first-order valence-corrected chi connectivity index (χ1v) is 8.45. The average molecular weight is 395 g/mol. The quantitative estimate of drug-likeness (QED) is 0.459. The minimum atomic E-state index is 0.212. The molecule has 3 rings (SSSR count). The molecular weight excluding hydrogens is 376 g/mol. The number of ether oxygens (including phenoxy) is 1. The van der Waals surface area contributed by atoms with Gasteiger partial charge in [0.15, 0.2) is 12.4 Å². The number of amidine groups is 1. The van der Waals surface area contributed by atoms with Gasteiger partial charge < -0.3 is 19.7 Å². The lowest BCUT2D eigenvalue weighted by molar-refractivity contribution is 0.0442. The van der Waals surface area contributed by atoms with Gasteiger partial charge in [-0.05, 0) is 24.3 Å². The SMILES string of the molecule is NC(CN1CCOCC1)=NOCc1coc(-c2ccc(Br)cc2)n1. The molecule has 2 aromatic rings. The van der Waals surface area contributed by atoms with Crippen molar-refractivity contribution in [3.63, 3.8) is 0 Å². The lowest BCUT2D eigenvalue weighted by Crippen LogP contribution is -2.41. The fourth-order valence-corrected chi connectivity index (χ4v) is 2.56. The number of nitrogens with zero attached hydrogens (tertiary/aromatic N) is 3. The standard InChI is InChI=1S/C16H19BrN4O3/c17-13-3-1-12(2-4-13)16-19-14(10-23-16)11-24-20-15(18)9-21-5-7-22-8-6-21/h1-4,10H,5-9,11H2,(H2,18,20). The van der Waals surface area contributed by atoms with Gasteiger partial charge in [-0.15, -0.1) is 0 Å². The molecule has 0 amide bonds. The molecule has 1 saturated heterocycles. The van der Waals surface area contributed by atoms with Crippen LogP contribution in [0, 0.1) is 0 Å². The monoisotopic (exact) mass is 394 g/mol. The topological polar surface area (TPSA) is 86.1 Å². The van der Waals surface area contributed by atoms with Gasteiger partial charge in [-0.2, -0.15) is 0 Å². The number of aromatic nitrogens is 1. The number of hydrogen-bond donors (Lipinski definition) is 1. The highest BCUT2D eigenvalue weighted by Gasteiger charge is 2.12. The molecule has 0 radical (unpaired) electrons. The summed E-state index contributed by atoms with van der Waals surface area (Å²) in [6, 6.07) is 7.73. The minimum Gasteiger partial charge on any atom is -0.444 e. The molecule has 0 spiro atoms. The number of morpholine rings is 1. The van der Waals surface area contributed by atoms with Crippen LogP contribution in [0.15, 0.2) is 44.6 Å². The maximum Gasteiger partial charge on any atom is 0.226 e. The Bertz CT molecular complexity index is 681. The predicted molar refractivity (Wildman–Crippen MR) is 93.3 cm³/mol. The molecular formula is C16H19BrN4O3. The fourth-order valence-electron chi connectivity index (χ4n) is 2.30. The van der Waals surface area contributed by atoms with Crippen LogP contribution < -0.4 is 5.73 Å². The Hall–Kier alpha value is -1.90. The number of halogens is 1. The van der Waals surface area contributed by atoms with Gasteiger partial charge in [0.2, 0.25) is 5.89 Å². The first kappa shape index (κ1) is 16.9. The highest BCUT2D eigenvalue weighted by atomic mass is 79.9. The molecule has 0 unspecified atom stereocenters. The van der Waals surface area contributed by atoms with Crippen LogP contribution in [0.5, 0.6) is 0 Å². The van der Waals surface area contributed by atoms with E-state index in [0.29, 0.717) is 24.0 Å². The second-order valence-corrected chi connectivity index (χ2v) is 6.31. The van der Waals surface area contributed by atoms with E-state index in [0.717, 1.165) is 36.3 Å². The van der Waals surface area contributed by atoms with Crippen molar-refractivity contribution in [3.8, 4) is 11.5 Å². The molecule has 8 heteroatoms. The summed E-state index contributed by atoms with van der Waals surface area (Å²) < 4.78 is 11.8. The van der Waals surface area contributed by atoms with Crippen molar-refractivity contribution < 1.29 is 14.0 Å². The van der Waals surface area contributed by atoms with Crippen molar-refractivity contribution in [2.24, 2.45) is 10.9 Å². The molecule has 2 N–H and O–H groups in total. The molecule has 0 aliphatic carbocycles. The second kappa shape index (κ2) is 8.27. The lowest BCUT2D eigenvalue weighted by atomic mass is 10.2. The summed E-state index contributed by atoms with van der Waals surface area (Å²) in [6.45, 7) is 3.96. The molecule has 0 bridgehead atoms. The minimum absolute atomic E-state index is 0.212. The molecule has 0 atom stereocenters. The molecule has 24 heavy (non-hydrogen) atoms. The van der Waals surface area contributed by atoms with Gasteiger partial charge in [0, 0.05) is 23.1 Å². The van der Waals surface area contributed by atoms with E-state index in [1.54, 1.807) is 6.26 Å². The molecule has 1 aromatic carbocycles. The molecule has 1 fully saturated rings. The fraction of sp³-hybridized carbons (Fsp3) is 0.375. The summed E-state index contributed by atoms with van der Waals surface area (Å²) in [6.07, 6.45) is 1.56. The van der Waals surface area contributed by atoms with E-state index in [4.69, 9.17) is 19.7 Å². The van der Waals surface area contributed by atoms with Crippen LogP contribution in [-0.2, 0) is 16.2 Å². The Morgan fingerprint density at radius 2 is 2.04 bits per heavy atom. The number of benzene rings is 1. The lowest BCUT2D eigenvalue weighted by Gasteiger charge is -2.25. The zero-order chi connectivity index (χ0) is 16.8. The van der Waals surface area contributed by atoms with Crippen LogP contribution in [0.2, 0.25) is 0 Å². The number of oxazole rings is 1. The molecule has 2 heterocycles. The highest BCUT2D eigenvalue weighted by molar-refractivity contribution is 9.10. The summed E-state index contributed by atoms with van der Waals surface area (Å²) in [4.78, 5) is 11.8. The summed E-state index contributed by atoms with van der Waals surface area (Å²) >= 11 is 3.40. The van der Waals surface area contributed by atoms with E-state index in [9.17, 15) is 0 Å². The maximum atomic E-state index is 5.87. The Morgan fingerprint density at radius 3 is 2.79 bits per heavy atom. The van der Waals surface area contributed by atoms with Gasteiger partial charge in [0.05, 0.1) is 19.8 Å². The summed E-state index contributed by atoms with van der Waals surface area (Å²) in [7, 11) is 0. The molecule has 1 aliphatic heterocycles. The summed E-state index contributed by atoms with van der Waals surface area (Å²) in [5.41, 5.74) is 7.44. The normalized spacial score (nSPS) is 16.3. The van der Waals surface area contributed by atoms with E-state index >= 15 is 0 Å².